The lowest BCUT2D eigenvalue weighted by Crippen LogP contribution is -1.98. The van der Waals surface area contributed by atoms with Gasteiger partial charge < -0.3 is 0 Å². The van der Waals surface area contributed by atoms with Crippen molar-refractivity contribution < 1.29 is 0 Å². The highest BCUT2D eigenvalue weighted by atomic mass is 32.2. The quantitative estimate of drug-likeness (QED) is 0.126. The number of hydrogen-bond acceptors (Lipinski definition) is 1. The van der Waals surface area contributed by atoms with Gasteiger partial charge in [-0.2, -0.15) is 0 Å². The molecule has 1 heterocycles. The van der Waals surface area contributed by atoms with Crippen LogP contribution in [-0.4, -0.2) is 0 Å². The largest absolute Gasteiger partial charge is 0.0887 e. The van der Waals surface area contributed by atoms with Gasteiger partial charge >= 0.3 is 0 Å². The third-order valence-corrected chi connectivity index (χ3v) is 14.1. The summed E-state index contributed by atoms with van der Waals surface area (Å²) in [6.45, 7) is 0. The van der Waals surface area contributed by atoms with E-state index in [9.17, 15) is 0 Å². The number of hydrogen-bond donors (Lipinski definition) is 0. The van der Waals surface area contributed by atoms with E-state index < -0.39 is 0 Å². The van der Waals surface area contributed by atoms with Crippen LogP contribution >= 0.6 is 11.8 Å². The Bertz CT molecular complexity index is 3730. The Balaban J connectivity index is 0.977. The molecule has 0 N–H and O–H groups in total. The Kier molecular flexibility index (Phi) is 7.64. The zero-order valence-corrected chi connectivity index (χ0v) is 34.0. The first-order valence-corrected chi connectivity index (χ1v) is 21.9. The Morgan fingerprint density at radius 1 is 0.230 bits per heavy atom. The van der Waals surface area contributed by atoms with Crippen molar-refractivity contribution in [1.82, 2.24) is 0 Å². The molecule has 0 aliphatic carbocycles. The van der Waals surface area contributed by atoms with Gasteiger partial charge in [-0.1, -0.05) is 188 Å². The molecule has 0 bridgehead atoms. The van der Waals surface area contributed by atoms with E-state index in [2.05, 4.69) is 218 Å². The molecule has 0 nitrogen and oxygen atoms in total. The molecule has 12 aromatic carbocycles. The zero-order chi connectivity index (χ0) is 40.0. The summed E-state index contributed by atoms with van der Waals surface area (Å²) in [5, 5.41) is 15.3. The molecular weight excluding hydrogens is 753 g/mol. The lowest BCUT2D eigenvalue weighted by molar-refractivity contribution is 1.40. The van der Waals surface area contributed by atoms with Crippen LogP contribution in [-0.2, 0) is 0 Å². The predicted molar refractivity (Wildman–Crippen MR) is 263 cm³/mol. The maximum absolute atomic E-state index is 2.45. The topological polar surface area (TPSA) is 0 Å². The highest BCUT2D eigenvalue weighted by Crippen LogP contribution is 2.55. The lowest BCUT2D eigenvalue weighted by Gasteiger charge is -2.26. The van der Waals surface area contributed by atoms with Gasteiger partial charge in [0.25, 0.3) is 0 Å². The first-order valence-electron chi connectivity index (χ1n) is 21.1. The van der Waals surface area contributed by atoms with Gasteiger partial charge in [0.05, 0.1) is 0 Å². The van der Waals surface area contributed by atoms with Crippen molar-refractivity contribution in [3.05, 3.63) is 218 Å². The van der Waals surface area contributed by atoms with Crippen LogP contribution in [0.1, 0.15) is 0 Å². The van der Waals surface area contributed by atoms with Crippen LogP contribution in [0.5, 0.6) is 0 Å². The molecule has 0 saturated carbocycles. The van der Waals surface area contributed by atoms with Gasteiger partial charge in [0.2, 0.25) is 0 Å². The van der Waals surface area contributed by atoms with Crippen molar-refractivity contribution in [2.75, 3.05) is 0 Å². The minimum absolute atomic E-state index is 1.22. The molecule has 1 heteroatoms. The van der Waals surface area contributed by atoms with Crippen LogP contribution in [0.15, 0.2) is 228 Å². The van der Waals surface area contributed by atoms with E-state index in [1.54, 1.807) is 0 Å². The Morgan fingerprint density at radius 2 is 0.770 bits per heavy atom. The third kappa shape index (κ3) is 5.48. The van der Waals surface area contributed by atoms with Crippen LogP contribution in [0.3, 0.4) is 0 Å². The van der Waals surface area contributed by atoms with E-state index in [1.165, 1.54) is 130 Å². The molecule has 0 radical (unpaired) electrons. The molecular formula is C60H36S. The molecule has 1 aliphatic heterocycles. The van der Waals surface area contributed by atoms with E-state index in [0.29, 0.717) is 0 Å². The Hall–Kier alpha value is -7.45. The second-order valence-corrected chi connectivity index (χ2v) is 17.5. The fourth-order valence-corrected chi connectivity index (χ4v) is 11.2. The van der Waals surface area contributed by atoms with Gasteiger partial charge in [-0.15, -0.1) is 0 Å². The van der Waals surface area contributed by atoms with Gasteiger partial charge in [0.1, 0.15) is 0 Å². The normalized spacial score (nSPS) is 12.2. The van der Waals surface area contributed by atoms with E-state index in [4.69, 9.17) is 0 Å². The maximum Gasteiger partial charge on any atom is 0.0207 e. The molecule has 0 amide bonds. The smallest absolute Gasteiger partial charge is 0.0207 e. The SMILES string of the molecule is c1ccc(-c2c3c4c(cccc4c4cc(-c5ccc6cc(-c7ccc8ccccc8c7)ccc6c5)ccc24)Sc2cc(-c4c5ccccc5cc5ccccc45)ccc2-3)cc1. The van der Waals surface area contributed by atoms with Crippen molar-refractivity contribution >= 4 is 76.4 Å². The Labute approximate surface area is 358 Å². The van der Waals surface area contributed by atoms with Crippen LogP contribution in [0.2, 0.25) is 0 Å². The van der Waals surface area contributed by atoms with E-state index in [0.717, 1.165) is 0 Å². The molecule has 0 fully saturated rings. The predicted octanol–water partition coefficient (Wildman–Crippen LogP) is 17.4. The van der Waals surface area contributed by atoms with Crippen LogP contribution < -0.4 is 0 Å². The van der Waals surface area contributed by atoms with Gasteiger partial charge in [0, 0.05) is 20.7 Å². The average Bonchev–Trinajstić information content (AvgIpc) is 3.32. The summed E-state index contributed by atoms with van der Waals surface area (Å²) in [7, 11) is 0. The second-order valence-electron chi connectivity index (χ2n) is 16.4. The molecule has 0 atom stereocenters. The van der Waals surface area contributed by atoms with Crippen LogP contribution in [0, 0.1) is 0 Å². The minimum atomic E-state index is 1.22. The summed E-state index contributed by atoms with van der Waals surface area (Å²) in [4.78, 5) is 2.60. The minimum Gasteiger partial charge on any atom is -0.0887 e. The van der Waals surface area contributed by atoms with E-state index >= 15 is 0 Å². The van der Waals surface area contributed by atoms with Gasteiger partial charge in [0.15, 0.2) is 0 Å². The molecule has 0 aromatic heterocycles. The van der Waals surface area contributed by atoms with E-state index in [-0.39, 0.29) is 0 Å². The van der Waals surface area contributed by atoms with Crippen molar-refractivity contribution in [2.45, 2.75) is 9.79 Å². The van der Waals surface area contributed by atoms with Crippen molar-refractivity contribution in [3.8, 4) is 55.6 Å². The van der Waals surface area contributed by atoms with Crippen molar-refractivity contribution in [2.24, 2.45) is 0 Å². The van der Waals surface area contributed by atoms with Crippen molar-refractivity contribution in [3.63, 3.8) is 0 Å². The maximum atomic E-state index is 2.45. The molecule has 1 aliphatic rings. The third-order valence-electron chi connectivity index (χ3n) is 13.0. The summed E-state index contributed by atoms with van der Waals surface area (Å²) in [6.07, 6.45) is 0. The van der Waals surface area contributed by atoms with Crippen LogP contribution in [0.4, 0.5) is 0 Å². The first-order chi connectivity index (χ1) is 30.2. The first kappa shape index (κ1) is 34.4. The van der Waals surface area contributed by atoms with E-state index in [1.807, 2.05) is 11.8 Å². The molecule has 61 heavy (non-hydrogen) atoms. The van der Waals surface area contributed by atoms with Gasteiger partial charge in [-0.05, 0) is 152 Å². The molecule has 0 unspecified atom stereocenters. The number of benzene rings is 12. The zero-order valence-electron chi connectivity index (χ0n) is 33.2. The summed E-state index contributed by atoms with van der Waals surface area (Å²) in [6, 6.07) is 81.4. The van der Waals surface area contributed by atoms with Gasteiger partial charge in [-0.3, -0.25) is 0 Å². The van der Waals surface area contributed by atoms with Crippen molar-refractivity contribution in [1.29, 1.82) is 0 Å². The number of fused-ring (bicyclic) bond motifs is 8. The highest BCUT2D eigenvalue weighted by molar-refractivity contribution is 7.99. The van der Waals surface area contributed by atoms with Crippen LogP contribution in [0.25, 0.3) is 120 Å². The molecule has 12 aromatic rings. The fraction of sp³-hybridized carbons (Fsp3) is 0. The summed E-state index contributed by atoms with van der Waals surface area (Å²) >= 11 is 1.91. The second kappa shape index (κ2) is 13.5. The summed E-state index contributed by atoms with van der Waals surface area (Å²) < 4.78 is 0. The average molecular weight is 789 g/mol. The molecule has 0 saturated heterocycles. The fourth-order valence-electron chi connectivity index (χ4n) is 10.1. The lowest BCUT2D eigenvalue weighted by atomic mass is 9.83. The summed E-state index contributed by atoms with van der Waals surface area (Å²) in [5.74, 6) is 0. The molecule has 13 rings (SSSR count). The summed E-state index contributed by atoms with van der Waals surface area (Å²) in [5.41, 5.74) is 12.6. The standard InChI is InChI=1S/C60H36S/c1-2-12-38(13-3-1)58-52-29-27-45(44-26-25-42-32-41(23-24-43(42)33-44)40-22-21-37-11-4-5-14-39(37)31-40)35-54(52)51-19-10-20-55-59(51)60(58)53-30-28-48(36-56(53)61-55)57-49-17-8-6-15-46(49)34-47-16-7-9-18-50(47)57/h1-36H. The molecule has 282 valence electrons. The highest BCUT2D eigenvalue weighted by Gasteiger charge is 2.26. The molecule has 0 spiro atoms. The Morgan fingerprint density at radius 3 is 1.48 bits per heavy atom. The monoisotopic (exact) mass is 788 g/mol. The number of rotatable bonds is 4. The van der Waals surface area contributed by atoms with Gasteiger partial charge in [-0.25, -0.2) is 0 Å².